The first kappa shape index (κ1) is 26.5. The molecule has 4 aromatic rings. The predicted octanol–water partition coefficient (Wildman–Crippen LogP) is 6.34. The molecule has 1 aliphatic heterocycles. The van der Waals surface area contributed by atoms with Gasteiger partial charge in [-0.15, -0.1) is 0 Å². The Morgan fingerprint density at radius 1 is 1.10 bits per heavy atom. The van der Waals surface area contributed by atoms with Crippen LogP contribution in [-0.4, -0.2) is 27.8 Å². The summed E-state index contributed by atoms with van der Waals surface area (Å²) in [5, 5.41) is 4.98. The number of nitrogens with zero attached hydrogens (tertiary/aromatic N) is 2. The lowest BCUT2D eigenvalue weighted by molar-refractivity contribution is -0.137. The van der Waals surface area contributed by atoms with E-state index in [2.05, 4.69) is 15.6 Å². The number of carbonyl (C=O) groups is 2. The van der Waals surface area contributed by atoms with Crippen molar-refractivity contribution >= 4 is 40.1 Å². The largest absolute Gasteiger partial charge is 0.416 e. The molecule has 1 unspecified atom stereocenters. The van der Waals surface area contributed by atoms with Gasteiger partial charge in [-0.2, -0.15) is 13.2 Å². The summed E-state index contributed by atoms with van der Waals surface area (Å²) >= 11 is 6.25. The summed E-state index contributed by atoms with van der Waals surface area (Å²) in [5.74, 6) is -3.97. The molecule has 2 amide bonds. The van der Waals surface area contributed by atoms with Crippen LogP contribution in [0.25, 0.3) is 11.0 Å². The molecule has 39 heavy (non-hydrogen) atoms. The maximum Gasteiger partial charge on any atom is 0.416 e. The van der Waals surface area contributed by atoms with Crippen LogP contribution in [0.3, 0.4) is 0 Å². The number of carbonyl (C=O) groups excluding carboxylic acids is 2. The van der Waals surface area contributed by atoms with Gasteiger partial charge in [0.15, 0.2) is 0 Å². The fraction of sp³-hybridized carbons (Fsp3) is 0.160. The molecule has 2 N–H and O–H groups in total. The molecule has 0 saturated carbocycles. The van der Waals surface area contributed by atoms with Gasteiger partial charge in [0.2, 0.25) is 0 Å². The summed E-state index contributed by atoms with van der Waals surface area (Å²) in [7, 11) is 0. The van der Waals surface area contributed by atoms with Gasteiger partial charge in [0.1, 0.15) is 17.2 Å². The fourth-order valence-electron chi connectivity index (χ4n) is 4.46. The number of aromatic nitrogens is 2. The number of nitrogens with one attached hydrogen (secondary N) is 2. The van der Waals surface area contributed by atoms with E-state index in [9.17, 15) is 40.3 Å². The Kier molecular flexibility index (Phi) is 6.49. The van der Waals surface area contributed by atoms with Crippen LogP contribution >= 0.6 is 11.6 Å². The maximum atomic E-state index is 14.1. The molecule has 0 saturated heterocycles. The van der Waals surface area contributed by atoms with Gasteiger partial charge >= 0.3 is 6.18 Å². The number of hydrogen-bond donors (Lipinski definition) is 2. The van der Waals surface area contributed by atoms with Crippen molar-refractivity contribution in [1.29, 1.82) is 0 Å². The van der Waals surface area contributed by atoms with Crippen molar-refractivity contribution in [3.8, 4) is 0 Å². The standard InChI is InChI=1S/C25H14ClF7N4O2/c26-15-2-1-12(27)6-14(15)21-19-16(35-23(38)10-3-11(25(31,32)33)5-13(28)4-10)7-17-22(20(19)24(39)36-21)34-9-37(17)8-18(29)30/h1-7,9,18,21H,8H2,(H,35,38)(H,36,39). The summed E-state index contributed by atoms with van der Waals surface area (Å²) in [5.41, 5.74) is -2.36. The summed E-state index contributed by atoms with van der Waals surface area (Å²) < 4.78 is 95.0. The Morgan fingerprint density at radius 2 is 1.85 bits per heavy atom. The van der Waals surface area contributed by atoms with Crippen LogP contribution in [0.5, 0.6) is 0 Å². The predicted molar refractivity (Wildman–Crippen MR) is 126 cm³/mol. The summed E-state index contributed by atoms with van der Waals surface area (Å²) in [6.45, 7) is -0.817. The molecule has 5 rings (SSSR count). The Balaban J connectivity index is 1.70. The van der Waals surface area contributed by atoms with Crippen molar-refractivity contribution in [2.24, 2.45) is 0 Å². The third-order valence-corrected chi connectivity index (χ3v) is 6.43. The Labute approximate surface area is 219 Å². The lowest BCUT2D eigenvalue weighted by atomic mass is 9.95. The number of imidazole rings is 1. The van der Waals surface area contributed by atoms with Gasteiger partial charge in [-0.25, -0.2) is 22.5 Å². The highest BCUT2D eigenvalue weighted by atomic mass is 35.5. The van der Waals surface area contributed by atoms with Crippen LogP contribution in [0.1, 0.15) is 43.4 Å². The molecular formula is C25H14ClF7N4O2. The van der Waals surface area contributed by atoms with Crippen LogP contribution in [0.2, 0.25) is 5.02 Å². The number of amides is 2. The van der Waals surface area contributed by atoms with Crippen LogP contribution in [0.15, 0.2) is 48.8 Å². The van der Waals surface area contributed by atoms with Crippen LogP contribution in [0.4, 0.5) is 36.4 Å². The first-order valence-corrected chi connectivity index (χ1v) is 11.5. The highest BCUT2D eigenvalue weighted by Crippen LogP contribution is 2.42. The first-order valence-electron chi connectivity index (χ1n) is 11.1. The molecule has 202 valence electrons. The number of benzene rings is 3. The SMILES string of the molecule is O=C(Nc1cc2c(ncn2CC(F)F)c2c1C(c1cc(F)ccc1Cl)NC2=O)c1cc(F)cc(C(F)(F)F)c1. The topological polar surface area (TPSA) is 76.0 Å². The molecule has 1 atom stereocenters. The van der Waals surface area contributed by atoms with Crippen molar-refractivity contribution in [3.63, 3.8) is 0 Å². The lowest BCUT2D eigenvalue weighted by Gasteiger charge is -2.19. The number of alkyl halides is 5. The molecule has 0 aliphatic carbocycles. The minimum absolute atomic E-state index is 0.000659. The summed E-state index contributed by atoms with van der Waals surface area (Å²) in [4.78, 5) is 30.2. The second-order valence-corrected chi connectivity index (χ2v) is 9.03. The lowest BCUT2D eigenvalue weighted by Crippen LogP contribution is -2.21. The molecule has 1 aliphatic rings. The second-order valence-electron chi connectivity index (χ2n) is 8.62. The van der Waals surface area contributed by atoms with E-state index in [0.29, 0.717) is 12.1 Å². The zero-order valence-corrected chi connectivity index (χ0v) is 20.0. The third kappa shape index (κ3) is 4.89. The minimum atomic E-state index is -4.95. The number of fused-ring (bicyclic) bond motifs is 3. The van der Waals surface area contributed by atoms with Gasteiger partial charge in [-0.05, 0) is 42.5 Å². The molecule has 0 spiro atoms. The van der Waals surface area contributed by atoms with Crippen molar-refractivity contribution in [3.05, 3.63) is 93.3 Å². The average Bonchev–Trinajstić information content (AvgIpc) is 3.40. The van der Waals surface area contributed by atoms with Gasteiger partial charge < -0.3 is 15.2 Å². The number of rotatable bonds is 5. The average molecular weight is 571 g/mol. The van der Waals surface area contributed by atoms with Crippen molar-refractivity contribution in [2.75, 3.05) is 5.32 Å². The third-order valence-electron chi connectivity index (χ3n) is 6.09. The van der Waals surface area contributed by atoms with E-state index < -0.39 is 59.8 Å². The van der Waals surface area contributed by atoms with E-state index in [-0.39, 0.29) is 44.5 Å². The van der Waals surface area contributed by atoms with Crippen LogP contribution < -0.4 is 10.6 Å². The van der Waals surface area contributed by atoms with E-state index in [1.807, 2.05) is 0 Å². The second kappa shape index (κ2) is 9.56. The Hall–Kier alpha value is -4.13. The van der Waals surface area contributed by atoms with E-state index >= 15 is 0 Å². The number of anilines is 1. The van der Waals surface area contributed by atoms with Gasteiger partial charge in [0.25, 0.3) is 18.2 Å². The molecule has 2 heterocycles. The minimum Gasteiger partial charge on any atom is -0.341 e. The van der Waals surface area contributed by atoms with E-state index in [0.717, 1.165) is 23.0 Å². The monoisotopic (exact) mass is 570 g/mol. The molecule has 1 aromatic heterocycles. The van der Waals surface area contributed by atoms with Gasteiger partial charge in [-0.1, -0.05) is 11.6 Å². The molecule has 0 fully saturated rings. The van der Waals surface area contributed by atoms with Crippen molar-refractivity contribution < 1.29 is 40.3 Å². The van der Waals surface area contributed by atoms with Crippen LogP contribution in [-0.2, 0) is 12.7 Å². The van der Waals surface area contributed by atoms with Crippen molar-refractivity contribution in [1.82, 2.24) is 14.9 Å². The molecule has 0 bridgehead atoms. The Morgan fingerprint density at radius 3 is 2.54 bits per heavy atom. The quantitative estimate of drug-likeness (QED) is 0.275. The molecule has 14 heteroatoms. The molecule has 0 radical (unpaired) electrons. The molecular weight excluding hydrogens is 557 g/mol. The Bertz CT molecular complexity index is 1650. The van der Waals surface area contributed by atoms with Crippen LogP contribution in [0, 0.1) is 11.6 Å². The summed E-state index contributed by atoms with van der Waals surface area (Å²) in [6.07, 6.45) is -6.70. The smallest absolute Gasteiger partial charge is 0.341 e. The van der Waals surface area contributed by atoms with E-state index in [1.165, 1.54) is 12.1 Å². The van der Waals surface area contributed by atoms with E-state index in [4.69, 9.17) is 11.6 Å². The highest BCUT2D eigenvalue weighted by molar-refractivity contribution is 6.31. The maximum absolute atomic E-state index is 14.1. The van der Waals surface area contributed by atoms with Gasteiger partial charge in [0.05, 0.1) is 35.6 Å². The molecule has 6 nitrogen and oxygen atoms in total. The van der Waals surface area contributed by atoms with Crippen molar-refractivity contribution in [2.45, 2.75) is 25.2 Å². The van der Waals surface area contributed by atoms with Gasteiger partial charge in [0, 0.05) is 27.4 Å². The number of halogens is 8. The summed E-state index contributed by atoms with van der Waals surface area (Å²) in [6, 6.07) is 4.61. The zero-order valence-electron chi connectivity index (χ0n) is 19.2. The fourth-order valence-corrected chi connectivity index (χ4v) is 4.69. The normalized spacial score (nSPS) is 15.1. The van der Waals surface area contributed by atoms with E-state index in [1.54, 1.807) is 0 Å². The van der Waals surface area contributed by atoms with Gasteiger partial charge in [-0.3, -0.25) is 9.59 Å². The first-order chi connectivity index (χ1) is 18.3. The highest BCUT2D eigenvalue weighted by Gasteiger charge is 2.38. The molecule has 3 aromatic carbocycles. The number of hydrogen-bond acceptors (Lipinski definition) is 3. The zero-order chi connectivity index (χ0) is 28.2.